The zero-order chi connectivity index (χ0) is 21.9. The van der Waals surface area contributed by atoms with Crippen molar-refractivity contribution >= 4 is 11.1 Å². The molecule has 0 aliphatic carbocycles. The van der Waals surface area contributed by atoms with Crippen molar-refractivity contribution in [1.82, 2.24) is 4.98 Å². The minimum absolute atomic E-state index is 0.0642. The Balaban J connectivity index is 1.51. The van der Waals surface area contributed by atoms with E-state index in [2.05, 4.69) is 17.1 Å². The van der Waals surface area contributed by atoms with Crippen molar-refractivity contribution in [3.63, 3.8) is 0 Å². The topological polar surface area (TPSA) is 92.1 Å². The van der Waals surface area contributed by atoms with Crippen molar-refractivity contribution < 1.29 is 13.9 Å². The van der Waals surface area contributed by atoms with Gasteiger partial charge in [0.05, 0.1) is 30.4 Å². The van der Waals surface area contributed by atoms with Gasteiger partial charge in [-0.3, -0.25) is 4.98 Å². The van der Waals surface area contributed by atoms with Gasteiger partial charge in [0.2, 0.25) is 0 Å². The van der Waals surface area contributed by atoms with Crippen molar-refractivity contribution in [1.29, 1.82) is 10.5 Å². The average Bonchev–Trinajstić information content (AvgIpc) is 3.29. The van der Waals surface area contributed by atoms with Crippen LogP contribution in [0.2, 0.25) is 0 Å². The van der Waals surface area contributed by atoms with Crippen LogP contribution in [0.25, 0.3) is 33.4 Å². The van der Waals surface area contributed by atoms with Crippen LogP contribution in [0.5, 0.6) is 5.75 Å². The molecule has 0 spiro atoms. The van der Waals surface area contributed by atoms with Gasteiger partial charge in [-0.15, -0.1) is 0 Å². The Morgan fingerprint density at radius 2 is 1.69 bits per heavy atom. The number of ether oxygens (including phenoxy) is 2. The van der Waals surface area contributed by atoms with Gasteiger partial charge in [-0.05, 0) is 41.5 Å². The van der Waals surface area contributed by atoms with E-state index in [-0.39, 0.29) is 6.10 Å². The lowest BCUT2D eigenvalue weighted by atomic mass is 10.0. The highest BCUT2D eigenvalue weighted by Gasteiger charge is 2.19. The summed E-state index contributed by atoms with van der Waals surface area (Å²) in [5.41, 5.74) is 5.94. The third-order valence-electron chi connectivity index (χ3n) is 5.65. The van der Waals surface area contributed by atoms with E-state index in [1.54, 1.807) is 24.6 Å². The minimum Gasteiger partial charge on any atom is -0.489 e. The van der Waals surface area contributed by atoms with Crippen molar-refractivity contribution in [3.8, 4) is 40.1 Å². The van der Waals surface area contributed by atoms with Crippen LogP contribution in [0.1, 0.15) is 24.0 Å². The molecule has 1 saturated heterocycles. The molecular weight excluding hydrogens is 402 g/mol. The lowest BCUT2D eigenvalue weighted by molar-refractivity contribution is 0.0254. The van der Waals surface area contributed by atoms with E-state index in [9.17, 15) is 5.26 Å². The van der Waals surface area contributed by atoms with Gasteiger partial charge in [0.1, 0.15) is 29.7 Å². The SMILES string of the molecule is N#Cc1ccc(-c2coc3c(-c4ccc(OC5CCOCC5)c(C#N)c4)ccnc23)cc1. The number of pyridine rings is 1. The maximum Gasteiger partial charge on any atom is 0.160 e. The lowest BCUT2D eigenvalue weighted by Gasteiger charge is -2.23. The van der Waals surface area contributed by atoms with Gasteiger partial charge in [0, 0.05) is 30.2 Å². The number of furan rings is 1. The predicted octanol–water partition coefficient (Wildman–Crippen LogP) is 5.46. The molecule has 5 rings (SSSR count). The average molecular weight is 421 g/mol. The summed E-state index contributed by atoms with van der Waals surface area (Å²) in [7, 11) is 0. The molecule has 6 nitrogen and oxygen atoms in total. The Morgan fingerprint density at radius 3 is 2.44 bits per heavy atom. The fourth-order valence-corrected chi connectivity index (χ4v) is 3.95. The zero-order valence-corrected chi connectivity index (χ0v) is 17.2. The second kappa shape index (κ2) is 8.55. The van der Waals surface area contributed by atoms with Gasteiger partial charge in [-0.25, -0.2) is 0 Å². The van der Waals surface area contributed by atoms with Gasteiger partial charge in [-0.1, -0.05) is 18.2 Å². The summed E-state index contributed by atoms with van der Waals surface area (Å²) >= 11 is 0. The molecule has 156 valence electrons. The summed E-state index contributed by atoms with van der Waals surface area (Å²) in [4.78, 5) is 4.52. The largest absolute Gasteiger partial charge is 0.489 e. The summed E-state index contributed by atoms with van der Waals surface area (Å²) in [6.45, 7) is 1.36. The Bertz CT molecular complexity index is 1350. The normalized spacial score (nSPS) is 14.1. The highest BCUT2D eigenvalue weighted by atomic mass is 16.5. The summed E-state index contributed by atoms with van der Waals surface area (Å²) < 4.78 is 17.4. The number of fused-ring (bicyclic) bond motifs is 1. The highest BCUT2D eigenvalue weighted by Crippen LogP contribution is 2.36. The van der Waals surface area contributed by atoms with E-state index >= 15 is 0 Å². The lowest BCUT2D eigenvalue weighted by Crippen LogP contribution is -2.26. The van der Waals surface area contributed by atoms with Crippen LogP contribution in [-0.4, -0.2) is 24.3 Å². The second-order valence-corrected chi connectivity index (χ2v) is 7.63. The van der Waals surface area contributed by atoms with E-state index < -0.39 is 0 Å². The van der Waals surface area contributed by atoms with E-state index in [0.29, 0.717) is 35.7 Å². The molecule has 2 aromatic heterocycles. The highest BCUT2D eigenvalue weighted by molar-refractivity contribution is 5.98. The van der Waals surface area contributed by atoms with Crippen molar-refractivity contribution in [3.05, 3.63) is 72.1 Å². The second-order valence-electron chi connectivity index (χ2n) is 7.63. The maximum absolute atomic E-state index is 9.71. The van der Waals surface area contributed by atoms with Gasteiger partial charge in [0.25, 0.3) is 0 Å². The van der Waals surface area contributed by atoms with Crippen LogP contribution in [0.4, 0.5) is 0 Å². The van der Waals surface area contributed by atoms with Gasteiger partial charge < -0.3 is 13.9 Å². The van der Waals surface area contributed by atoms with Crippen molar-refractivity contribution in [2.45, 2.75) is 18.9 Å². The number of nitriles is 2. The molecule has 0 amide bonds. The van der Waals surface area contributed by atoms with Crippen LogP contribution >= 0.6 is 0 Å². The van der Waals surface area contributed by atoms with Gasteiger partial charge >= 0.3 is 0 Å². The Hall–Kier alpha value is -4.13. The van der Waals surface area contributed by atoms with Gasteiger partial charge in [0.15, 0.2) is 5.58 Å². The third-order valence-corrected chi connectivity index (χ3v) is 5.65. The summed E-state index contributed by atoms with van der Waals surface area (Å²) in [5.74, 6) is 0.589. The molecule has 0 N–H and O–H groups in total. The maximum atomic E-state index is 9.71. The number of hydrogen-bond acceptors (Lipinski definition) is 6. The summed E-state index contributed by atoms with van der Waals surface area (Å²) in [6.07, 6.45) is 5.12. The molecule has 6 heteroatoms. The van der Waals surface area contributed by atoms with E-state index in [4.69, 9.17) is 19.2 Å². The first-order chi connectivity index (χ1) is 15.8. The molecule has 1 aliphatic heterocycles. The molecule has 2 aromatic carbocycles. The van der Waals surface area contributed by atoms with E-state index in [1.165, 1.54) is 0 Å². The van der Waals surface area contributed by atoms with Crippen molar-refractivity contribution in [2.24, 2.45) is 0 Å². The molecule has 32 heavy (non-hydrogen) atoms. The molecular formula is C26H19N3O3. The number of hydrogen-bond donors (Lipinski definition) is 0. The molecule has 4 aromatic rings. The standard InChI is InChI=1S/C26H19N3O3/c27-14-17-1-3-18(4-2-17)23-16-31-26-22(7-10-29-25(23)26)19-5-6-24(20(13-19)15-28)32-21-8-11-30-12-9-21/h1-7,10,13,16,21H,8-9,11-12H2. The number of benzene rings is 2. The predicted molar refractivity (Wildman–Crippen MR) is 119 cm³/mol. The van der Waals surface area contributed by atoms with Crippen LogP contribution in [0.15, 0.2) is 65.4 Å². The minimum atomic E-state index is 0.0642. The van der Waals surface area contributed by atoms with E-state index in [1.807, 2.05) is 36.4 Å². The third kappa shape index (κ3) is 3.69. The van der Waals surface area contributed by atoms with E-state index in [0.717, 1.165) is 40.6 Å². The summed E-state index contributed by atoms with van der Waals surface area (Å²) in [5, 5.41) is 18.7. The van der Waals surface area contributed by atoms with Crippen LogP contribution in [0.3, 0.4) is 0 Å². The fourth-order valence-electron chi connectivity index (χ4n) is 3.95. The van der Waals surface area contributed by atoms with Gasteiger partial charge in [-0.2, -0.15) is 10.5 Å². The zero-order valence-electron chi connectivity index (χ0n) is 17.2. The molecule has 1 aliphatic rings. The number of aromatic nitrogens is 1. The monoisotopic (exact) mass is 421 g/mol. The Kier molecular flexibility index (Phi) is 5.29. The smallest absolute Gasteiger partial charge is 0.160 e. The summed E-state index contributed by atoms with van der Waals surface area (Å²) in [6, 6.07) is 19.2. The molecule has 0 saturated carbocycles. The van der Waals surface area contributed by atoms with Crippen LogP contribution < -0.4 is 4.74 Å². The molecule has 0 bridgehead atoms. The first-order valence-corrected chi connectivity index (χ1v) is 10.4. The van der Waals surface area contributed by atoms with Crippen LogP contribution in [0, 0.1) is 22.7 Å². The Labute approximate surface area is 185 Å². The molecule has 0 unspecified atom stereocenters. The van der Waals surface area contributed by atoms with Crippen LogP contribution in [-0.2, 0) is 4.74 Å². The Morgan fingerprint density at radius 1 is 0.906 bits per heavy atom. The quantitative estimate of drug-likeness (QED) is 0.434. The molecule has 0 atom stereocenters. The number of nitrogens with zero attached hydrogens (tertiary/aromatic N) is 3. The first kappa shape index (κ1) is 19.8. The first-order valence-electron chi connectivity index (χ1n) is 10.4. The molecule has 1 fully saturated rings. The van der Waals surface area contributed by atoms with Crippen molar-refractivity contribution in [2.75, 3.05) is 13.2 Å². The number of rotatable bonds is 4. The molecule has 3 heterocycles. The molecule has 0 radical (unpaired) electrons. The fraction of sp³-hybridized carbons (Fsp3) is 0.192.